The lowest BCUT2D eigenvalue weighted by atomic mass is 9.82. The monoisotopic (exact) mass is 1590 g/mol. The maximum absolute atomic E-state index is 3.83. The Morgan fingerprint density at radius 2 is 0.681 bits per heavy atom. The van der Waals surface area contributed by atoms with Crippen LogP contribution < -0.4 is 10.2 Å². The van der Waals surface area contributed by atoms with Gasteiger partial charge in [0.25, 0.3) is 0 Å². The molecule has 0 saturated carbocycles. The van der Waals surface area contributed by atoms with Gasteiger partial charge in [-0.2, -0.15) is 0 Å². The van der Waals surface area contributed by atoms with Gasteiger partial charge in [0.15, 0.2) is 0 Å². The Kier molecular flexibility index (Phi) is 19.1. The minimum absolute atomic E-state index is 0.0286. The number of allylic oxidation sites excluding steroid dienone is 6. The van der Waals surface area contributed by atoms with Gasteiger partial charge in [-0.3, -0.25) is 0 Å². The molecule has 0 radical (unpaired) electrons. The van der Waals surface area contributed by atoms with Crippen molar-refractivity contribution in [1.29, 1.82) is 0 Å². The Balaban J connectivity index is 0.000000127. The predicted molar refractivity (Wildman–Crippen MR) is 507 cm³/mol. The lowest BCUT2D eigenvalue weighted by Gasteiger charge is -2.30. The smallest absolute Gasteiger partial charge is 0.103 e. The van der Waals surface area contributed by atoms with Crippen LogP contribution in [0.4, 0.5) is 28.4 Å². The molecule has 1 N–H and O–H groups in total. The summed E-state index contributed by atoms with van der Waals surface area (Å²) in [5.41, 5.74) is 37.8. The number of aromatic nitrogens is 2. The highest BCUT2D eigenvalue weighted by molar-refractivity contribution is 9.10. The molecule has 0 atom stereocenters. The first-order valence-corrected chi connectivity index (χ1v) is 41.7. The molecular weight excluding hydrogens is 1510 g/mol. The van der Waals surface area contributed by atoms with Crippen molar-refractivity contribution < 1.29 is 0 Å². The molecule has 22 rings (SSSR count). The van der Waals surface area contributed by atoms with Crippen molar-refractivity contribution in [3.63, 3.8) is 0 Å². The minimum atomic E-state index is -0.143. The molecule has 119 heavy (non-hydrogen) atoms. The zero-order chi connectivity index (χ0) is 80.1. The van der Waals surface area contributed by atoms with E-state index in [1.165, 1.54) is 149 Å². The van der Waals surface area contributed by atoms with Crippen LogP contribution in [0.3, 0.4) is 0 Å². The summed E-state index contributed by atoms with van der Waals surface area (Å²) in [4.78, 5) is 2.48. The van der Waals surface area contributed by atoms with Gasteiger partial charge in [-0.15, -0.1) is 0 Å². The zero-order valence-corrected chi connectivity index (χ0v) is 68.3. The van der Waals surface area contributed by atoms with Crippen molar-refractivity contribution in [2.45, 2.75) is 38.5 Å². The van der Waals surface area contributed by atoms with Crippen molar-refractivity contribution in [3.8, 4) is 89.3 Å². The Hall–Kier alpha value is -14.5. The topological polar surface area (TPSA) is 25.1 Å². The fraction of sp³-hybridized carbons (Fsp3) is 0.0526. The van der Waals surface area contributed by atoms with Crippen LogP contribution in [0.15, 0.2) is 435 Å². The number of halogens is 1. The van der Waals surface area contributed by atoms with E-state index < -0.39 is 0 Å². The minimum Gasteiger partial charge on any atom is -0.356 e. The van der Waals surface area contributed by atoms with Gasteiger partial charge in [0.2, 0.25) is 0 Å². The van der Waals surface area contributed by atoms with Gasteiger partial charge in [-0.1, -0.05) is 341 Å². The summed E-state index contributed by atoms with van der Waals surface area (Å²) in [6, 6.07) is 147. The van der Waals surface area contributed by atoms with E-state index in [2.05, 4.69) is 482 Å². The second-order valence-corrected chi connectivity index (χ2v) is 32.9. The molecule has 19 aromatic rings. The molecule has 17 aromatic carbocycles. The van der Waals surface area contributed by atoms with Crippen molar-refractivity contribution in [2.75, 3.05) is 10.2 Å². The zero-order valence-electron chi connectivity index (χ0n) is 66.7. The average Bonchev–Trinajstić information content (AvgIpc) is 1.60. The van der Waals surface area contributed by atoms with Crippen LogP contribution in [0.25, 0.3) is 138 Å². The summed E-state index contributed by atoms with van der Waals surface area (Å²) in [7, 11) is 0. The molecule has 0 amide bonds. The summed E-state index contributed by atoms with van der Waals surface area (Å²) in [6.45, 7) is 9.36. The van der Waals surface area contributed by atoms with Crippen LogP contribution in [0.5, 0.6) is 0 Å². The van der Waals surface area contributed by atoms with E-state index in [1.807, 2.05) is 18.2 Å². The van der Waals surface area contributed by atoms with Crippen molar-refractivity contribution >= 4 is 93.6 Å². The number of fused-ring (bicyclic) bond motifs is 12. The molecule has 0 spiro atoms. The normalized spacial score (nSPS) is 13.0. The maximum Gasteiger partial charge on any atom is 0.103 e. The van der Waals surface area contributed by atoms with Gasteiger partial charge in [-0.25, -0.2) is 0 Å². The van der Waals surface area contributed by atoms with Crippen molar-refractivity contribution in [3.05, 3.63) is 469 Å². The van der Waals surface area contributed by atoms with Gasteiger partial charge < -0.3 is 19.4 Å². The summed E-state index contributed by atoms with van der Waals surface area (Å²) < 4.78 is 5.85. The lowest BCUT2D eigenvalue weighted by molar-refractivity contribution is 0.660. The van der Waals surface area contributed by atoms with Crippen molar-refractivity contribution in [1.82, 2.24) is 9.13 Å². The van der Waals surface area contributed by atoms with Crippen LogP contribution in [-0.4, -0.2) is 9.13 Å². The number of hydrogen-bond acceptors (Lipinski definition) is 2. The van der Waals surface area contributed by atoms with E-state index in [0.717, 1.165) is 49.7 Å². The average molecular weight is 1590 g/mol. The van der Waals surface area contributed by atoms with Crippen LogP contribution >= 0.6 is 15.9 Å². The SMILES string of the molecule is Brc1cc(C2=CC=[C+]C=C2)ccc1-c1ccc2c3ccccc3n(-c3ccccc3)c2c1.CC1(C)c2ccccc2-c2ccc(N(c3ccc(-c4ccccc4)cc3)c3cc(-c4ccccc4)ccc3-c3ccc4c5ccccc5n(-c5ccccc5)c4c3)cc21.CC1(C)c2ccccc2-c2ccc(Nc3ccc(-c4ccccc4)cc3)cc21. The summed E-state index contributed by atoms with van der Waals surface area (Å²) in [5, 5.41) is 8.60. The van der Waals surface area contributed by atoms with Crippen LogP contribution in [-0.2, 0) is 10.8 Å². The summed E-state index contributed by atoms with van der Waals surface area (Å²) >= 11 is 3.83. The standard InChI is InChI=1S/C57H42N2.C30H19BrN.C27H23N/c1-57(2)52-24-14-12-22-48(52)49-35-32-46(38-53(49)57)58(45-30-26-41(27-31-45)39-16-6-3-7-17-39)55-36-42(40-18-8-4-9-19-40)28-33-47(55)43-29-34-51-50-23-13-15-25-54(50)59(56(51)37-43)44-20-10-5-11-21-44;31-28-19-22(21-9-3-1-4-10-21)15-17-25(28)23-16-18-27-26-13-7-8-14-29(26)32(30(27)20-23)24-11-5-2-6-12-24;1-27(2)25-11-7-6-10-23(25)24-17-16-22(18-26(24)27)28-21-14-12-20(13-15-21)19-8-4-3-5-9-19/h3-38H,1-2H3;2-20H;3-18,28H,1-2H3/q;+1;. The molecule has 0 bridgehead atoms. The van der Waals surface area contributed by atoms with E-state index in [-0.39, 0.29) is 10.8 Å². The van der Waals surface area contributed by atoms with Gasteiger partial charge in [0.05, 0.1) is 45.5 Å². The quantitative estimate of drug-likeness (QED) is 0.116. The highest BCUT2D eigenvalue weighted by Gasteiger charge is 2.37. The van der Waals surface area contributed by atoms with Crippen LogP contribution in [0.2, 0.25) is 0 Å². The number of para-hydroxylation sites is 4. The first-order chi connectivity index (χ1) is 58.4. The molecular formula is C114H84BrN4+. The van der Waals surface area contributed by atoms with Crippen LogP contribution in [0, 0.1) is 6.08 Å². The molecule has 0 aliphatic heterocycles. The third-order valence-corrected chi connectivity index (χ3v) is 24.9. The van der Waals surface area contributed by atoms with E-state index in [4.69, 9.17) is 0 Å². The van der Waals surface area contributed by atoms with E-state index in [1.54, 1.807) is 0 Å². The van der Waals surface area contributed by atoms with Gasteiger partial charge in [0, 0.05) is 88.2 Å². The number of benzene rings is 17. The highest BCUT2D eigenvalue weighted by atomic mass is 79.9. The molecule has 0 fully saturated rings. The predicted octanol–water partition coefficient (Wildman–Crippen LogP) is 31.5. The fourth-order valence-corrected chi connectivity index (χ4v) is 18.9. The summed E-state index contributed by atoms with van der Waals surface area (Å²) in [5.74, 6) is 0. The first kappa shape index (κ1) is 73.4. The lowest BCUT2D eigenvalue weighted by Crippen LogP contribution is -2.17. The first-order valence-electron chi connectivity index (χ1n) is 41.0. The Morgan fingerprint density at radius 1 is 0.286 bits per heavy atom. The maximum atomic E-state index is 3.83. The Bertz CT molecular complexity index is 7150. The molecule has 4 nitrogen and oxygen atoms in total. The Labute approximate surface area is 704 Å². The van der Waals surface area contributed by atoms with Gasteiger partial charge in [0.1, 0.15) is 12.2 Å². The fourth-order valence-electron chi connectivity index (χ4n) is 18.3. The number of hydrogen-bond donors (Lipinski definition) is 1. The third-order valence-electron chi connectivity index (χ3n) is 24.3. The van der Waals surface area contributed by atoms with Gasteiger partial charge >= 0.3 is 0 Å². The number of rotatable bonds is 13. The Morgan fingerprint density at radius 3 is 1.22 bits per heavy atom. The number of anilines is 5. The number of nitrogens with zero attached hydrogens (tertiary/aromatic N) is 3. The molecule has 2 heterocycles. The van der Waals surface area contributed by atoms with Crippen LogP contribution in [0.1, 0.15) is 55.5 Å². The second-order valence-electron chi connectivity index (χ2n) is 32.1. The molecule has 2 aromatic heterocycles. The molecule has 0 saturated heterocycles. The van der Waals surface area contributed by atoms with Gasteiger partial charge in [-0.05, 0) is 204 Å². The number of nitrogens with one attached hydrogen (secondary N) is 1. The largest absolute Gasteiger partial charge is 0.356 e. The van der Waals surface area contributed by atoms with Crippen molar-refractivity contribution in [2.24, 2.45) is 0 Å². The van der Waals surface area contributed by atoms with E-state index >= 15 is 0 Å². The van der Waals surface area contributed by atoms with E-state index in [9.17, 15) is 0 Å². The third kappa shape index (κ3) is 13.7. The molecule has 0 unspecified atom stereocenters. The molecule has 3 aliphatic rings. The van der Waals surface area contributed by atoms with E-state index in [0.29, 0.717) is 0 Å². The molecule has 3 aliphatic carbocycles. The second kappa shape index (κ2) is 31.0. The summed E-state index contributed by atoms with van der Waals surface area (Å²) in [6.07, 6.45) is 11.2. The highest BCUT2D eigenvalue weighted by Crippen LogP contribution is 2.54. The molecule has 566 valence electrons. The molecule has 5 heteroatoms.